The number of fused-ring (bicyclic) bond motifs is 2. The second-order valence-electron chi connectivity index (χ2n) is 4.99. The summed E-state index contributed by atoms with van der Waals surface area (Å²) in [6.45, 7) is 0. The summed E-state index contributed by atoms with van der Waals surface area (Å²) in [6, 6.07) is 17.3. The lowest BCUT2D eigenvalue weighted by molar-refractivity contribution is 0.977. The number of hydrogen-bond donors (Lipinski definition) is 0. The number of nitrogens with zero attached hydrogens (tertiary/aromatic N) is 1. The van der Waals surface area contributed by atoms with Crippen molar-refractivity contribution in [3.8, 4) is 0 Å². The molecule has 1 aliphatic heterocycles. The Morgan fingerprint density at radius 2 is 1.45 bits per heavy atom. The molecule has 0 spiro atoms. The van der Waals surface area contributed by atoms with Crippen molar-refractivity contribution in [2.24, 2.45) is 0 Å². The Kier molecular flexibility index (Phi) is 4.08. The molecule has 0 aliphatic carbocycles. The molecule has 1 heterocycles. The largest absolute Gasteiger partial charge is 0.317 e. The van der Waals surface area contributed by atoms with Crippen molar-refractivity contribution in [3.05, 3.63) is 71.9 Å². The molecule has 0 radical (unpaired) electrons. The Balaban J connectivity index is 2.09. The summed E-state index contributed by atoms with van der Waals surface area (Å²) in [6.07, 6.45) is 7.37. The first-order valence-corrected chi connectivity index (χ1v) is 7.61. The number of halogens is 1. The minimum absolute atomic E-state index is 0.660. The van der Waals surface area contributed by atoms with E-state index in [-0.39, 0.29) is 0 Å². The Bertz CT molecular complexity index is 571. The van der Waals surface area contributed by atoms with E-state index < -0.39 is 0 Å². The van der Waals surface area contributed by atoms with E-state index in [9.17, 15) is 0 Å². The van der Waals surface area contributed by atoms with E-state index in [1.807, 2.05) is 0 Å². The van der Waals surface area contributed by atoms with Crippen molar-refractivity contribution >= 4 is 23.0 Å². The second-order valence-corrected chi connectivity index (χ2v) is 5.37. The van der Waals surface area contributed by atoms with Gasteiger partial charge in [0.05, 0.1) is 0 Å². The number of benzene rings is 2. The third-order valence-electron chi connectivity index (χ3n) is 3.70. The Morgan fingerprint density at radius 1 is 0.900 bits per heavy atom. The van der Waals surface area contributed by atoms with Gasteiger partial charge in [0.1, 0.15) is 0 Å². The molecule has 0 saturated carbocycles. The zero-order valence-electron chi connectivity index (χ0n) is 11.4. The van der Waals surface area contributed by atoms with Crippen LogP contribution < -0.4 is 4.90 Å². The lowest BCUT2D eigenvalue weighted by Crippen LogP contribution is -2.10. The fourth-order valence-corrected chi connectivity index (χ4v) is 2.84. The molecule has 2 aromatic rings. The number of para-hydroxylation sites is 2. The van der Waals surface area contributed by atoms with E-state index in [1.54, 1.807) is 0 Å². The van der Waals surface area contributed by atoms with Crippen molar-refractivity contribution in [1.82, 2.24) is 0 Å². The van der Waals surface area contributed by atoms with Crippen LogP contribution in [0.25, 0.3) is 0 Å². The summed E-state index contributed by atoms with van der Waals surface area (Å²) in [7, 11) is 0. The molecular weight excluding hydrogens is 266 g/mol. The summed E-state index contributed by atoms with van der Waals surface area (Å²) in [5.74, 6) is 0.660. The monoisotopic (exact) mass is 283 g/mol. The molecule has 0 amide bonds. The first-order valence-electron chi connectivity index (χ1n) is 7.08. The fraction of sp³-hybridized carbons (Fsp3) is 0.222. The van der Waals surface area contributed by atoms with Crippen molar-refractivity contribution in [2.45, 2.75) is 19.3 Å². The van der Waals surface area contributed by atoms with Crippen LogP contribution >= 0.6 is 11.6 Å². The standard InChI is InChI=1S/C18H18ClN/c19-13-5-6-14-20-17-9-3-1-7-15(17)11-12-16-8-2-4-10-18(16)20/h1-4,6-10,14H,5,11-13H2. The van der Waals surface area contributed by atoms with Crippen LogP contribution in [0, 0.1) is 0 Å². The fourth-order valence-electron chi connectivity index (χ4n) is 2.72. The molecule has 0 aromatic heterocycles. The van der Waals surface area contributed by atoms with Crippen molar-refractivity contribution in [3.63, 3.8) is 0 Å². The van der Waals surface area contributed by atoms with Gasteiger partial charge in [-0.25, -0.2) is 0 Å². The molecular formula is C18H18ClN. The first kappa shape index (κ1) is 13.3. The lowest BCUT2D eigenvalue weighted by atomic mass is 10.0. The third kappa shape index (κ3) is 2.59. The number of aryl methyl sites for hydroxylation is 2. The van der Waals surface area contributed by atoms with Crippen molar-refractivity contribution < 1.29 is 0 Å². The van der Waals surface area contributed by atoms with Gasteiger partial charge >= 0.3 is 0 Å². The van der Waals surface area contributed by atoms with E-state index in [0.717, 1.165) is 19.3 Å². The minimum Gasteiger partial charge on any atom is -0.317 e. The van der Waals surface area contributed by atoms with Crippen LogP contribution in [0.2, 0.25) is 0 Å². The maximum absolute atomic E-state index is 5.78. The van der Waals surface area contributed by atoms with Gasteiger partial charge in [-0.15, -0.1) is 11.6 Å². The average Bonchev–Trinajstić information content (AvgIpc) is 2.66. The molecule has 1 aliphatic rings. The number of allylic oxidation sites excluding steroid dienone is 1. The molecule has 20 heavy (non-hydrogen) atoms. The van der Waals surface area contributed by atoms with Gasteiger partial charge in [0, 0.05) is 23.5 Å². The minimum atomic E-state index is 0.660. The highest BCUT2D eigenvalue weighted by molar-refractivity contribution is 6.17. The molecule has 2 heteroatoms. The topological polar surface area (TPSA) is 3.24 Å². The number of hydrogen-bond acceptors (Lipinski definition) is 1. The van der Waals surface area contributed by atoms with E-state index in [1.165, 1.54) is 22.5 Å². The zero-order chi connectivity index (χ0) is 13.8. The van der Waals surface area contributed by atoms with Crippen LogP contribution in [-0.2, 0) is 12.8 Å². The van der Waals surface area contributed by atoms with Crippen LogP contribution in [0.15, 0.2) is 60.8 Å². The highest BCUT2D eigenvalue weighted by Crippen LogP contribution is 2.36. The Hall–Kier alpha value is -1.73. The van der Waals surface area contributed by atoms with E-state index >= 15 is 0 Å². The molecule has 0 atom stereocenters. The van der Waals surface area contributed by atoms with Crippen molar-refractivity contribution in [1.29, 1.82) is 0 Å². The SMILES string of the molecule is ClCCC=CN1c2ccccc2CCc2ccccc21. The van der Waals surface area contributed by atoms with Gasteiger partial charge in [0.15, 0.2) is 0 Å². The van der Waals surface area contributed by atoms with Crippen LogP contribution in [-0.4, -0.2) is 5.88 Å². The van der Waals surface area contributed by atoms with Gasteiger partial charge in [0.2, 0.25) is 0 Å². The van der Waals surface area contributed by atoms with Gasteiger partial charge in [-0.2, -0.15) is 0 Å². The molecule has 2 aromatic carbocycles. The first-order chi connectivity index (χ1) is 9.90. The quantitative estimate of drug-likeness (QED) is 0.711. The number of anilines is 2. The predicted molar refractivity (Wildman–Crippen MR) is 86.9 cm³/mol. The third-order valence-corrected chi connectivity index (χ3v) is 3.91. The summed E-state index contributed by atoms with van der Waals surface area (Å²) in [5, 5.41) is 0. The summed E-state index contributed by atoms with van der Waals surface area (Å²) < 4.78 is 0. The highest BCUT2D eigenvalue weighted by atomic mass is 35.5. The van der Waals surface area contributed by atoms with E-state index in [0.29, 0.717) is 5.88 Å². The average molecular weight is 284 g/mol. The van der Waals surface area contributed by atoms with Crippen LogP contribution in [0.1, 0.15) is 17.5 Å². The molecule has 0 saturated heterocycles. The number of alkyl halides is 1. The van der Waals surface area contributed by atoms with Crippen LogP contribution in [0.4, 0.5) is 11.4 Å². The summed E-state index contributed by atoms with van der Waals surface area (Å²) in [4.78, 5) is 2.30. The van der Waals surface area contributed by atoms with Crippen LogP contribution in [0.3, 0.4) is 0 Å². The number of rotatable bonds is 3. The molecule has 102 valence electrons. The Morgan fingerprint density at radius 3 is 2.00 bits per heavy atom. The summed E-state index contributed by atoms with van der Waals surface area (Å²) >= 11 is 5.78. The molecule has 3 rings (SSSR count). The summed E-state index contributed by atoms with van der Waals surface area (Å²) in [5.41, 5.74) is 5.37. The van der Waals surface area contributed by atoms with Gasteiger partial charge in [-0.1, -0.05) is 42.5 Å². The van der Waals surface area contributed by atoms with E-state index in [2.05, 4.69) is 65.7 Å². The van der Waals surface area contributed by atoms with Crippen LogP contribution in [0.5, 0.6) is 0 Å². The Labute approximate surface area is 125 Å². The molecule has 1 nitrogen and oxygen atoms in total. The predicted octanol–water partition coefficient (Wildman–Crippen LogP) is 5.07. The molecule has 0 N–H and O–H groups in total. The highest BCUT2D eigenvalue weighted by Gasteiger charge is 2.17. The lowest BCUT2D eigenvalue weighted by Gasteiger charge is -2.23. The molecule has 0 unspecified atom stereocenters. The van der Waals surface area contributed by atoms with E-state index in [4.69, 9.17) is 11.6 Å². The van der Waals surface area contributed by atoms with Gasteiger partial charge in [-0.3, -0.25) is 0 Å². The normalized spacial score (nSPS) is 13.9. The molecule has 0 bridgehead atoms. The maximum Gasteiger partial charge on any atom is 0.0487 e. The smallest absolute Gasteiger partial charge is 0.0487 e. The van der Waals surface area contributed by atoms with Gasteiger partial charge in [0.25, 0.3) is 0 Å². The van der Waals surface area contributed by atoms with Gasteiger partial charge in [-0.05, 0) is 42.5 Å². The maximum atomic E-state index is 5.78. The zero-order valence-corrected chi connectivity index (χ0v) is 12.2. The van der Waals surface area contributed by atoms with Crippen molar-refractivity contribution in [2.75, 3.05) is 10.8 Å². The molecule has 0 fully saturated rings. The van der Waals surface area contributed by atoms with Gasteiger partial charge < -0.3 is 4.90 Å². The second kappa shape index (κ2) is 6.15.